The summed E-state index contributed by atoms with van der Waals surface area (Å²) in [5.41, 5.74) is 1.60. The fourth-order valence-corrected chi connectivity index (χ4v) is 5.84. The van der Waals surface area contributed by atoms with Crippen molar-refractivity contribution in [2.45, 2.75) is 25.7 Å². The Kier molecular flexibility index (Phi) is 11.4. The molecule has 2 aliphatic rings. The largest absolute Gasteiger partial charge is 0.492 e. The minimum Gasteiger partial charge on any atom is -0.492 e. The van der Waals surface area contributed by atoms with Crippen LogP contribution in [0.5, 0.6) is 5.75 Å². The molecule has 1 aromatic carbocycles. The normalized spacial score (nSPS) is 16.5. The van der Waals surface area contributed by atoms with Gasteiger partial charge in [-0.05, 0) is 31.9 Å². The number of amides is 2. The first kappa shape index (κ1) is 29.3. The second kappa shape index (κ2) is 15.2. The first-order valence-electron chi connectivity index (χ1n) is 13.7. The predicted molar refractivity (Wildman–Crippen MR) is 150 cm³/mol. The van der Waals surface area contributed by atoms with E-state index in [1.807, 2.05) is 40.3 Å². The summed E-state index contributed by atoms with van der Waals surface area (Å²) in [5, 5.41) is 2.87. The SMILES string of the molecule is CCOc1ccccc1N1CCN(C(=O)c2csc(C3CCN(C(=O)COCCOCCOC)CC3)n2)CC1. The molecule has 2 fully saturated rings. The minimum absolute atomic E-state index is 0.00312. The second-order valence-corrected chi connectivity index (χ2v) is 10.5. The number of piperidine rings is 1. The first-order valence-corrected chi connectivity index (χ1v) is 14.6. The number of piperazine rings is 1. The van der Waals surface area contributed by atoms with Crippen molar-refractivity contribution < 1.29 is 28.5 Å². The molecule has 0 bridgehead atoms. The standard InChI is InChI=1S/C28H40N4O6S/c1-3-38-25-7-5-4-6-24(25)30-12-14-32(15-13-30)28(34)23-21-39-27(29-23)22-8-10-31(11-9-22)26(33)20-37-19-18-36-17-16-35-2/h4-7,21-22H,3,8-20H2,1-2H3. The number of aromatic nitrogens is 1. The Morgan fingerprint density at radius 2 is 1.67 bits per heavy atom. The van der Waals surface area contributed by atoms with Crippen LogP contribution in [0, 0.1) is 0 Å². The molecule has 0 spiro atoms. The lowest BCUT2D eigenvalue weighted by molar-refractivity contribution is -0.137. The molecule has 0 saturated carbocycles. The van der Waals surface area contributed by atoms with Gasteiger partial charge in [0.05, 0.1) is 43.7 Å². The van der Waals surface area contributed by atoms with Crippen molar-refractivity contribution in [1.82, 2.24) is 14.8 Å². The molecule has 2 amide bonds. The average molecular weight is 561 g/mol. The molecule has 4 rings (SSSR count). The molecule has 2 aromatic rings. The van der Waals surface area contributed by atoms with E-state index >= 15 is 0 Å². The highest BCUT2D eigenvalue weighted by molar-refractivity contribution is 7.09. The molecule has 214 valence electrons. The molecule has 3 heterocycles. The average Bonchev–Trinajstić information content (AvgIpc) is 3.47. The molecule has 10 nitrogen and oxygen atoms in total. The van der Waals surface area contributed by atoms with Gasteiger partial charge in [-0.15, -0.1) is 11.3 Å². The highest BCUT2D eigenvalue weighted by Crippen LogP contribution is 2.32. The van der Waals surface area contributed by atoms with E-state index in [0.29, 0.717) is 64.9 Å². The number of para-hydroxylation sites is 2. The van der Waals surface area contributed by atoms with Crippen LogP contribution >= 0.6 is 11.3 Å². The fraction of sp³-hybridized carbons (Fsp3) is 0.607. The van der Waals surface area contributed by atoms with Gasteiger partial charge in [-0.1, -0.05) is 12.1 Å². The Labute approximate surface area is 234 Å². The summed E-state index contributed by atoms with van der Waals surface area (Å²) in [6.45, 7) is 8.72. The molecule has 2 saturated heterocycles. The van der Waals surface area contributed by atoms with Crippen LogP contribution in [-0.2, 0) is 19.0 Å². The molecular formula is C28H40N4O6S. The number of hydrogen-bond donors (Lipinski definition) is 0. The van der Waals surface area contributed by atoms with Crippen molar-refractivity contribution in [3.05, 3.63) is 40.3 Å². The number of hydrogen-bond acceptors (Lipinski definition) is 9. The van der Waals surface area contributed by atoms with Crippen molar-refractivity contribution >= 4 is 28.8 Å². The summed E-state index contributed by atoms with van der Waals surface area (Å²) in [6, 6.07) is 8.06. The third kappa shape index (κ3) is 8.14. The van der Waals surface area contributed by atoms with Crippen molar-refractivity contribution in [2.75, 3.05) is 90.9 Å². The van der Waals surface area contributed by atoms with Gasteiger partial charge >= 0.3 is 0 Å². The van der Waals surface area contributed by atoms with E-state index in [1.165, 1.54) is 0 Å². The molecule has 0 radical (unpaired) electrons. The van der Waals surface area contributed by atoms with E-state index in [9.17, 15) is 9.59 Å². The van der Waals surface area contributed by atoms with Crippen LogP contribution in [0.25, 0.3) is 0 Å². The number of ether oxygens (including phenoxy) is 4. The van der Waals surface area contributed by atoms with E-state index in [4.69, 9.17) is 23.9 Å². The third-order valence-corrected chi connectivity index (χ3v) is 8.05. The van der Waals surface area contributed by atoms with Gasteiger partial charge < -0.3 is 33.6 Å². The Morgan fingerprint density at radius 1 is 0.949 bits per heavy atom. The summed E-state index contributed by atoms with van der Waals surface area (Å²) in [4.78, 5) is 36.4. The van der Waals surface area contributed by atoms with E-state index in [0.717, 1.165) is 42.4 Å². The van der Waals surface area contributed by atoms with E-state index in [-0.39, 0.29) is 24.3 Å². The highest BCUT2D eigenvalue weighted by atomic mass is 32.1. The minimum atomic E-state index is -0.00814. The predicted octanol–water partition coefficient (Wildman–Crippen LogP) is 2.89. The van der Waals surface area contributed by atoms with Crippen molar-refractivity contribution in [3.8, 4) is 5.75 Å². The zero-order valence-electron chi connectivity index (χ0n) is 23.0. The maximum absolute atomic E-state index is 13.2. The molecule has 2 aliphatic heterocycles. The molecule has 0 aliphatic carbocycles. The van der Waals surface area contributed by atoms with Crippen LogP contribution in [0.15, 0.2) is 29.6 Å². The number of nitrogens with zero attached hydrogens (tertiary/aromatic N) is 4. The number of carbonyl (C=O) groups excluding carboxylic acids is 2. The van der Waals surface area contributed by atoms with Gasteiger partial charge in [0.15, 0.2) is 0 Å². The lowest BCUT2D eigenvalue weighted by Gasteiger charge is -2.36. The van der Waals surface area contributed by atoms with Crippen LogP contribution in [-0.4, -0.2) is 113 Å². The zero-order chi connectivity index (χ0) is 27.5. The summed E-state index contributed by atoms with van der Waals surface area (Å²) in [7, 11) is 1.63. The number of benzene rings is 1. The van der Waals surface area contributed by atoms with Crippen molar-refractivity contribution in [2.24, 2.45) is 0 Å². The Bertz CT molecular complexity index is 1050. The van der Waals surface area contributed by atoms with E-state index in [2.05, 4.69) is 11.0 Å². The van der Waals surface area contributed by atoms with Crippen LogP contribution in [0.3, 0.4) is 0 Å². The van der Waals surface area contributed by atoms with Crippen LogP contribution in [0.1, 0.15) is 41.2 Å². The number of thiazole rings is 1. The summed E-state index contributed by atoms with van der Waals surface area (Å²) in [5.74, 6) is 1.14. The van der Waals surface area contributed by atoms with Gasteiger partial charge in [0.25, 0.3) is 5.91 Å². The number of carbonyl (C=O) groups is 2. The quantitative estimate of drug-likeness (QED) is 0.346. The van der Waals surface area contributed by atoms with Gasteiger partial charge in [-0.25, -0.2) is 4.98 Å². The fourth-order valence-electron chi connectivity index (χ4n) is 4.87. The Morgan fingerprint density at radius 3 is 2.41 bits per heavy atom. The number of rotatable bonds is 13. The van der Waals surface area contributed by atoms with Gasteiger partial charge in [0, 0.05) is 57.7 Å². The molecular weight excluding hydrogens is 520 g/mol. The smallest absolute Gasteiger partial charge is 0.273 e. The monoisotopic (exact) mass is 560 g/mol. The Hall–Kier alpha value is -2.73. The second-order valence-electron chi connectivity index (χ2n) is 9.56. The topological polar surface area (TPSA) is 93.7 Å². The lowest BCUT2D eigenvalue weighted by atomic mass is 9.97. The molecule has 1 aromatic heterocycles. The maximum Gasteiger partial charge on any atom is 0.273 e. The summed E-state index contributed by atoms with van der Waals surface area (Å²) < 4.78 is 21.5. The van der Waals surface area contributed by atoms with E-state index < -0.39 is 0 Å². The first-order chi connectivity index (χ1) is 19.1. The molecule has 0 atom stereocenters. The van der Waals surface area contributed by atoms with Gasteiger partial charge in [-0.3, -0.25) is 9.59 Å². The van der Waals surface area contributed by atoms with Crippen LogP contribution < -0.4 is 9.64 Å². The highest BCUT2D eigenvalue weighted by Gasteiger charge is 2.29. The van der Waals surface area contributed by atoms with Crippen molar-refractivity contribution in [1.29, 1.82) is 0 Å². The summed E-state index contributed by atoms with van der Waals surface area (Å²) in [6.07, 6.45) is 1.68. The molecule has 0 N–H and O–H groups in total. The maximum atomic E-state index is 13.2. The van der Waals surface area contributed by atoms with Crippen LogP contribution in [0.4, 0.5) is 5.69 Å². The van der Waals surface area contributed by atoms with Gasteiger partial charge in [0.1, 0.15) is 18.1 Å². The van der Waals surface area contributed by atoms with Gasteiger partial charge in [0.2, 0.25) is 5.91 Å². The number of likely N-dealkylation sites (tertiary alicyclic amines) is 1. The molecule has 11 heteroatoms. The van der Waals surface area contributed by atoms with E-state index in [1.54, 1.807) is 18.4 Å². The van der Waals surface area contributed by atoms with Gasteiger partial charge in [-0.2, -0.15) is 0 Å². The number of anilines is 1. The molecule has 0 unspecified atom stereocenters. The number of methoxy groups -OCH3 is 1. The lowest BCUT2D eigenvalue weighted by Crippen LogP contribution is -2.49. The third-order valence-electron chi connectivity index (χ3n) is 7.04. The van der Waals surface area contributed by atoms with Crippen molar-refractivity contribution in [3.63, 3.8) is 0 Å². The zero-order valence-corrected chi connectivity index (χ0v) is 23.8. The molecule has 39 heavy (non-hydrogen) atoms. The van der Waals surface area contributed by atoms with Crippen LogP contribution in [0.2, 0.25) is 0 Å². The summed E-state index contributed by atoms with van der Waals surface area (Å²) >= 11 is 1.55. The Balaban J connectivity index is 1.19.